The Kier molecular flexibility index (Phi) is 8.66. The molecular weight excluding hydrogens is 511 g/mol. The molecule has 0 amide bonds. The van der Waals surface area contributed by atoms with Gasteiger partial charge in [-0.1, -0.05) is 35.9 Å². The molecule has 1 aliphatic rings. The molecule has 1 saturated heterocycles. The Hall–Kier alpha value is -2.88. The average Bonchev–Trinajstić information content (AvgIpc) is 2.84. The van der Waals surface area contributed by atoms with Gasteiger partial charge < -0.3 is 15.0 Å². The van der Waals surface area contributed by atoms with Crippen molar-refractivity contribution in [1.29, 1.82) is 0 Å². The monoisotopic (exact) mass is 535 g/mol. The number of hydrogen-bond acceptors (Lipinski definition) is 6. The third-order valence-electron chi connectivity index (χ3n) is 5.68. The zero-order valence-electron chi connectivity index (χ0n) is 19.3. The molecule has 1 aliphatic heterocycles. The number of rotatable bonds is 8. The summed E-state index contributed by atoms with van der Waals surface area (Å²) in [6, 6.07) is 20.5. The Bertz CT molecular complexity index is 1190. The highest BCUT2D eigenvalue weighted by Crippen LogP contribution is 2.38. The number of hydrogen-bond donors (Lipinski definition) is 1. The molecule has 0 atom stereocenters. The van der Waals surface area contributed by atoms with E-state index in [4.69, 9.17) is 16.3 Å². The van der Waals surface area contributed by atoms with Crippen LogP contribution in [0.25, 0.3) is 0 Å². The molecule has 0 aliphatic carbocycles. The molecule has 0 bridgehead atoms. The summed E-state index contributed by atoms with van der Waals surface area (Å²) in [4.78, 5) is 17.3. The SMILES string of the molecule is O=C(OCCN1CCN(c2cccc(Cl)c2)CC1)c1ccccc1Nc1cccc(SC(F)(F)F)c1. The molecule has 0 spiro atoms. The molecule has 5 nitrogen and oxygen atoms in total. The molecule has 0 radical (unpaired) electrons. The van der Waals surface area contributed by atoms with Crippen molar-refractivity contribution < 1.29 is 22.7 Å². The number of carbonyl (C=O) groups excluding carboxylic acids is 1. The Labute approximate surface area is 217 Å². The number of thioether (sulfide) groups is 1. The van der Waals surface area contributed by atoms with Gasteiger partial charge in [0.2, 0.25) is 0 Å². The van der Waals surface area contributed by atoms with Gasteiger partial charge in [0, 0.05) is 54.0 Å². The van der Waals surface area contributed by atoms with Crippen LogP contribution < -0.4 is 10.2 Å². The first-order chi connectivity index (χ1) is 17.3. The molecular formula is C26H25ClF3N3O2S. The summed E-state index contributed by atoms with van der Waals surface area (Å²) in [5.41, 5.74) is -2.05. The van der Waals surface area contributed by atoms with Gasteiger partial charge in [-0.05, 0) is 60.3 Å². The second kappa shape index (κ2) is 11.9. The lowest BCUT2D eigenvalue weighted by Gasteiger charge is -2.36. The quantitative estimate of drug-likeness (QED) is 0.256. The first-order valence-electron chi connectivity index (χ1n) is 11.4. The van der Waals surface area contributed by atoms with Gasteiger partial charge in [-0.25, -0.2) is 4.79 Å². The minimum atomic E-state index is -4.37. The van der Waals surface area contributed by atoms with Crippen molar-refractivity contribution >= 4 is 46.4 Å². The predicted molar refractivity (Wildman–Crippen MR) is 138 cm³/mol. The van der Waals surface area contributed by atoms with E-state index < -0.39 is 11.5 Å². The molecule has 4 rings (SSSR count). The summed E-state index contributed by atoms with van der Waals surface area (Å²) < 4.78 is 43.6. The summed E-state index contributed by atoms with van der Waals surface area (Å²) >= 11 is 5.91. The maximum atomic E-state index is 12.8. The molecule has 3 aromatic carbocycles. The van der Waals surface area contributed by atoms with E-state index in [-0.39, 0.29) is 23.3 Å². The smallest absolute Gasteiger partial charge is 0.446 e. The maximum absolute atomic E-state index is 12.8. The second-order valence-electron chi connectivity index (χ2n) is 8.19. The van der Waals surface area contributed by atoms with E-state index in [0.29, 0.717) is 28.5 Å². The Morgan fingerprint density at radius 3 is 2.47 bits per heavy atom. The number of para-hydroxylation sites is 1. The van der Waals surface area contributed by atoms with Gasteiger partial charge in [0.25, 0.3) is 0 Å². The zero-order chi connectivity index (χ0) is 25.5. The number of anilines is 3. The van der Waals surface area contributed by atoms with E-state index in [1.165, 1.54) is 18.2 Å². The minimum Gasteiger partial charge on any atom is -0.461 e. The fraction of sp³-hybridized carbons (Fsp3) is 0.269. The zero-order valence-corrected chi connectivity index (χ0v) is 20.9. The van der Waals surface area contributed by atoms with E-state index in [1.54, 1.807) is 30.3 Å². The lowest BCUT2D eigenvalue weighted by Crippen LogP contribution is -2.47. The van der Waals surface area contributed by atoms with Crippen LogP contribution in [0.5, 0.6) is 0 Å². The van der Waals surface area contributed by atoms with E-state index in [1.807, 2.05) is 24.3 Å². The molecule has 10 heteroatoms. The largest absolute Gasteiger partial charge is 0.461 e. The lowest BCUT2D eigenvalue weighted by atomic mass is 10.1. The summed E-state index contributed by atoms with van der Waals surface area (Å²) in [5.74, 6) is -0.489. The number of ether oxygens (including phenoxy) is 1. The minimum absolute atomic E-state index is 0.0583. The van der Waals surface area contributed by atoms with E-state index >= 15 is 0 Å². The highest BCUT2D eigenvalue weighted by Gasteiger charge is 2.29. The van der Waals surface area contributed by atoms with Crippen LogP contribution in [0, 0.1) is 0 Å². The topological polar surface area (TPSA) is 44.8 Å². The third-order valence-corrected chi connectivity index (χ3v) is 6.64. The lowest BCUT2D eigenvalue weighted by molar-refractivity contribution is -0.0328. The molecule has 0 unspecified atom stereocenters. The fourth-order valence-corrected chi connectivity index (χ4v) is 4.73. The number of halogens is 4. The number of alkyl halides is 3. The standard InChI is InChI=1S/C26H25ClF3N3O2S/c27-19-5-3-7-21(17-19)33-13-11-32(12-14-33)15-16-35-25(34)23-9-1-2-10-24(23)31-20-6-4-8-22(18-20)36-26(28,29)30/h1-10,17-18,31H,11-16H2. The normalized spacial score (nSPS) is 14.5. The first kappa shape index (κ1) is 26.2. The van der Waals surface area contributed by atoms with Crippen LogP contribution in [-0.2, 0) is 4.74 Å². The fourth-order valence-electron chi connectivity index (χ4n) is 3.94. The van der Waals surface area contributed by atoms with Gasteiger partial charge in [-0.2, -0.15) is 13.2 Å². The van der Waals surface area contributed by atoms with Crippen molar-refractivity contribution in [3.8, 4) is 0 Å². The molecule has 3 aromatic rings. The maximum Gasteiger partial charge on any atom is 0.446 e. The van der Waals surface area contributed by atoms with Crippen LogP contribution in [0.3, 0.4) is 0 Å². The summed E-state index contributed by atoms with van der Waals surface area (Å²) in [6.45, 7) is 4.24. The van der Waals surface area contributed by atoms with Crippen LogP contribution in [0.2, 0.25) is 5.02 Å². The molecule has 190 valence electrons. The van der Waals surface area contributed by atoms with Crippen molar-refractivity contribution in [1.82, 2.24) is 4.90 Å². The van der Waals surface area contributed by atoms with E-state index in [2.05, 4.69) is 15.1 Å². The highest BCUT2D eigenvalue weighted by molar-refractivity contribution is 8.00. The molecule has 1 N–H and O–H groups in total. The summed E-state index contributed by atoms with van der Waals surface area (Å²) in [6.07, 6.45) is 0. The number of nitrogens with zero attached hydrogens (tertiary/aromatic N) is 2. The number of nitrogens with one attached hydrogen (secondary N) is 1. The second-order valence-corrected chi connectivity index (χ2v) is 9.77. The summed E-state index contributed by atoms with van der Waals surface area (Å²) in [5, 5.41) is 3.75. The van der Waals surface area contributed by atoms with Crippen molar-refractivity contribution in [3.63, 3.8) is 0 Å². The third kappa shape index (κ3) is 7.56. The molecule has 1 heterocycles. The Morgan fingerprint density at radius 1 is 0.972 bits per heavy atom. The average molecular weight is 536 g/mol. The van der Waals surface area contributed by atoms with Gasteiger partial charge in [-0.3, -0.25) is 4.90 Å². The van der Waals surface area contributed by atoms with Gasteiger partial charge in [0.1, 0.15) is 6.61 Å². The van der Waals surface area contributed by atoms with Crippen molar-refractivity contribution in [2.45, 2.75) is 10.4 Å². The Morgan fingerprint density at radius 2 is 1.72 bits per heavy atom. The molecule has 1 fully saturated rings. The van der Waals surface area contributed by atoms with Crippen LogP contribution in [0.4, 0.5) is 30.2 Å². The van der Waals surface area contributed by atoms with Crippen LogP contribution in [-0.4, -0.2) is 55.7 Å². The first-order valence-corrected chi connectivity index (χ1v) is 12.6. The van der Waals surface area contributed by atoms with Crippen LogP contribution >= 0.6 is 23.4 Å². The molecule has 0 saturated carbocycles. The van der Waals surface area contributed by atoms with Crippen molar-refractivity contribution in [2.24, 2.45) is 0 Å². The van der Waals surface area contributed by atoms with E-state index in [9.17, 15) is 18.0 Å². The predicted octanol–water partition coefficient (Wildman–Crippen LogP) is 6.67. The number of carbonyl (C=O) groups is 1. The van der Waals surface area contributed by atoms with Crippen molar-refractivity contribution in [3.05, 3.63) is 83.4 Å². The molecule has 36 heavy (non-hydrogen) atoms. The highest BCUT2D eigenvalue weighted by atomic mass is 35.5. The summed E-state index contributed by atoms with van der Waals surface area (Å²) in [7, 11) is 0. The van der Waals surface area contributed by atoms with Gasteiger partial charge in [0.05, 0.1) is 11.3 Å². The number of piperazine rings is 1. The van der Waals surface area contributed by atoms with Gasteiger partial charge in [0.15, 0.2) is 0 Å². The van der Waals surface area contributed by atoms with Gasteiger partial charge in [-0.15, -0.1) is 0 Å². The van der Waals surface area contributed by atoms with Gasteiger partial charge >= 0.3 is 11.5 Å². The van der Waals surface area contributed by atoms with E-state index in [0.717, 1.165) is 31.9 Å². The Balaban J connectivity index is 1.29. The van der Waals surface area contributed by atoms with Crippen molar-refractivity contribution in [2.75, 3.05) is 49.5 Å². The molecule has 0 aromatic heterocycles. The van der Waals surface area contributed by atoms with Crippen LogP contribution in [0.1, 0.15) is 10.4 Å². The number of esters is 1. The van der Waals surface area contributed by atoms with Crippen LogP contribution in [0.15, 0.2) is 77.7 Å². The number of benzene rings is 3.